The fourth-order valence-corrected chi connectivity index (χ4v) is 5.10. The minimum Gasteiger partial charge on any atom is -0.381 e. The summed E-state index contributed by atoms with van der Waals surface area (Å²) in [5.74, 6) is -0.190. The van der Waals surface area contributed by atoms with E-state index in [0.29, 0.717) is 50.5 Å². The van der Waals surface area contributed by atoms with Crippen LogP contribution < -0.4 is 10.2 Å². The van der Waals surface area contributed by atoms with Gasteiger partial charge in [-0.25, -0.2) is 4.98 Å². The summed E-state index contributed by atoms with van der Waals surface area (Å²) in [7, 11) is 0. The number of hydrogen-bond acceptors (Lipinski definition) is 7. The Morgan fingerprint density at radius 1 is 0.955 bits per heavy atom. The third-order valence-corrected chi connectivity index (χ3v) is 7.54. The summed E-state index contributed by atoms with van der Waals surface area (Å²) in [6.45, 7) is 9.27. The predicted octanol–water partition coefficient (Wildman–Crippen LogP) is 4.90. The topological polar surface area (TPSA) is 123 Å². The number of ketones is 1. The zero-order valence-electron chi connectivity index (χ0n) is 26.1. The highest BCUT2D eigenvalue weighted by molar-refractivity contribution is 6.01. The summed E-state index contributed by atoms with van der Waals surface area (Å²) in [6, 6.07) is 15.4. The molecule has 0 radical (unpaired) electrons. The van der Waals surface area contributed by atoms with E-state index in [-0.39, 0.29) is 49.1 Å². The lowest BCUT2D eigenvalue weighted by atomic mass is 9.95. The van der Waals surface area contributed by atoms with E-state index in [4.69, 9.17) is 14.5 Å². The molecule has 2 aromatic carbocycles. The van der Waals surface area contributed by atoms with Gasteiger partial charge in [-0.3, -0.25) is 14.4 Å². The number of aromatic nitrogens is 2. The van der Waals surface area contributed by atoms with Crippen molar-refractivity contribution < 1.29 is 29.0 Å². The first-order chi connectivity index (χ1) is 21.2. The summed E-state index contributed by atoms with van der Waals surface area (Å²) < 4.78 is 12.9. The van der Waals surface area contributed by atoms with Crippen LogP contribution in [-0.2, 0) is 30.4 Å². The molecule has 0 saturated heterocycles. The minimum atomic E-state index is -0.940. The second-order valence-corrected chi connectivity index (χ2v) is 11.6. The van der Waals surface area contributed by atoms with Crippen LogP contribution in [0, 0.1) is 5.92 Å². The number of anilines is 1. The molecule has 236 valence electrons. The van der Waals surface area contributed by atoms with Crippen LogP contribution in [0.25, 0.3) is 22.5 Å². The molecule has 10 nitrogen and oxygen atoms in total. The first kappa shape index (κ1) is 33.0. The molecule has 2 amide bonds. The molecular weight excluding hydrogens is 560 g/mol. The molecule has 44 heavy (non-hydrogen) atoms. The van der Waals surface area contributed by atoms with Crippen molar-refractivity contribution in [3.05, 3.63) is 60.4 Å². The Bertz CT molecular complexity index is 1430. The number of Topliss-reactive ketones (excluding diaryl/α,β-unsaturated/α-hetero) is 1. The summed E-state index contributed by atoms with van der Waals surface area (Å²) in [4.78, 5) is 44.3. The first-order valence-corrected chi connectivity index (χ1v) is 15.4. The molecule has 3 aromatic rings. The minimum absolute atomic E-state index is 0.00712. The van der Waals surface area contributed by atoms with Crippen LogP contribution in [0.5, 0.6) is 0 Å². The van der Waals surface area contributed by atoms with Crippen molar-refractivity contribution in [2.45, 2.75) is 72.3 Å². The SMILES string of the molecule is CC(C)OCC(O)n1cnc2c1-c1ccccc1CN(C(=O)CCC(=O)NCCCOCCC(=O)C(C)C)c1ccccc1-2. The number of nitrogens with one attached hydrogen (secondary N) is 1. The van der Waals surface area contributed by atoms with Crippen LogP contribution in [0.2, 0.25) is 0 Å². The third kappa shape index (κ3) is 8.40. The van der Waals surface area contributed by atoms with Gasteiger partial charge < -0.3 is 29.4 Å². The Balaban J connectivity index is 1.44. The molecule has 1 unspecified atom stereocenters. The van der Waals surface area contributed by atoms with Crippen LogP contribution in [0.4, 0.5) is 5.69 Å². The Morgan fingerprint density at radius 2 is 1.68 bits per heavy atom. The van der Waals surface area contributed by atoms with E-state index in [0.717, 1.165) is 22.4 Å². The Hall–Kier alpha value is -3.86. The molecule has 1 atom stereocenters. The summed E-state index contributed by atoms with van der Waals surface area (Å²) >= 11 is 0. The Morgan fingerprint density at radius 3 is 2.43 bits per heavy atom. The quantitative estimate of drug-likeness (QED) is 0.237. The highest BCUT2D eigenvalue weighted by atomic mass is 16.5. The van der Waals surface area contributed by atoms with Crippen LogP contribution >= 0.6 is 0 Å². The largest absolute Gasteiger partial charge is 0.381 e. The maximum absolute atomic E-state index is 13.7. The van der Waals surface area contributed by atoms with Gasteiger partial charge in [0.1, 0.15) is 5.78 Å². The van der Waals surface area contributed by atoms with Crippen LogP contribution in [0.15, 0.2) is 54.9 Å². The molecule has 2 heterocycles. The Kier molecular flexibility index (Phi) is 11.8. The number of hydrogen-bond donors (Lipinski definition) is 2. The maximum atomic E-state index is 13.7. The number of carbonyl (C=O) groups excluding carboxylic acids is 3. The first-order valence-electron chi connectivity index (χ1n) is 15.4. The molecule has 1 aliphatic rings. The van der Waals surface area contributed by atoms with Gasteiger partial charge in [0.2, 0.25) is 11.8 Å². The molecule has 0 aliphatic carbocycles. The van der Waals surface area contributed by atoms with Gasteiger partial charge in [-0.2, -0.15) is 0 Å². The fourth-order valence-electron chi connectivity index (χ4n) is 5.10. The zero-order valence-corrected chi connectivity index (χ0v) is 26.1. The Labute approximate surface area is 259 Å². The van der Waals surface area contributed by atoms with Gasteiger partial charge in [0.15, 0.2) is 6.23 Å². The number of carbonyl (C=O) groups is 3. The number of benzene rings is 2. The van der Waals surface area contributed by atoms with Crippen molar-refractivity contribution in [1.29, 1.82) is 0 Å². The van der Waals surface area contributed by atoms with Crippen molar-refractivity contribution in [1.82, 2.24) is 14.9 Å². The van der Waals surface area contributed by atoms with E-state index in [9.17, 15) is 19.5 Å². The smallest absolute Gasteiger partial charge is 0.227 e. The second-order valence-electron chi connectivity index (χ2n) is 11.6. The lowest BCUT2D eigenvalue weighted by Gasteiger charge is -2.29. The summed E-state index contributed by atoms with van der Waals surface area (Å²) in [6.07, 6.45) is 1.77. The summed E-state index contributed by atoms with van der Waals surface area (Å²) in [5, 5.41) is 13.9. The fraction of sp³-hybridized carbons (Fsp3) is 0.471. The van der Waals surface area contributed by atoms with Crippen molar-refractivity contribution in [2.75, 3.05) is 31.3 Å². The van der Waals surface area contributed by atoms with Crippen molar-refractivity contribution in [3.8, 4) is 22.5 Å². The molecule has 0 spiro atoms. The number of amides is 2. The standard InChI is InChI=1S/C34H44N4O6/c1-23(2)29(39)16-19-43-18-9-17-35-30(40)14-15-31(41)37-20-25-10-5-6-11-26(25)34-33(27-12-7-8-13-28(27)37)36-22-38(34)32(42)21-44-24(3)4/h5-8,10-13,22-24,32,42H,9,14-21H2,1-4H3,(H,35,40). The molecule has 1 aliphatic heterocycles. The monoisotopic (exact) mass is 604 g/mol. The number of imidazole rings is 1. The maximum Gasteiger partial charge on any atom is 0.227 e. The van der Waals surface area contributed by atoms with Crippen LogP contribution in [0.1, 0.15) is 65.2 Å². The van der Waals surface area contributed by atoms with E-state index in [1.54, 1.807) is 15.8 Å². The second kappa shape index (κ2) is 15.7. The van der Waals surface area contributed by atoms with Gasteiger partial charge in [0, 0.05) is 49.5 Å². The molecule has 2 N–H and O–H groups in total. The number of fused-ring (bicyclic) bond motifs is 5. The lowest BCUT2D eigenvalue weighted by molar-refractivity contribution is -0.125. The van der Waals surface area contributed by atoms with E-state index in [1.165, 1.54) is 0 Å². The summed E-state index contributed by atoms with van der Waals surface area (Å²) in [5.41, 5.74) is 4.64. The molecule has 4 rings (SSSR count). The number of rotatable bonds is 15. The zero-order chi connectivity index (χ0) is 31.6. The average molecular weight is 605 g/mol. The number of para-hydroxylation sites is 1. The van der Waals surface area contributed by atoms with Crippen molar-refractivity contribution in [2.24, 2.45) is 5.92 Å². The highest BCUT2D eigenvalue weighted by Gasteiger charge is 2.29. The number of aliphatic hydroxyl groups is 1. The van der Waals surface area contributed by atoms with Gasteiger partial charge in [0.25, 0.3) is 0 Å². The molecular formula is C34H44N4O6. The third-order valence-electron chi connectivity index (χ3n) is 7.54. The number of aliphatic hydroxyl groups excluding tert-OH is 1. The van der Waals surface area contributed by atoms with Gasteiger partial charge in [-0.1, -0.05) is 56.3 Å². The average Bonchev–Trinajstić information content (AvgIpc) is 3.44. The van der Waals surface area contributed by atoms with Crippen molar-refractivity contribution in [3.63, 3.8) is 0 Å². The van der Waals surface area contributed by atoms with Crippen LogP contribution in [-0.4, -0.2) is 64.7 Å². The van der Waals surface area contributed by atoms with Crippen LogP contribution in [0.3, 0.4) is 0 Å². The van der Waals surface area contributed by atoms with Gasteiger partial charge in [0.05, 0.1) is 49.3 Å². The van der Waals surface area contributed by atoms with Gasteiger partial charge in [-0.15, -0.1) is 0 Å². The van der Waals surface area contributed by atoms with Gasteiger partial charge >= 0.3 is 0 Å². The number of nitrogens with zero attached hydrogens (tertiary/aromatic N) is 3. The predicted molar refractivity (Wildman–Crippen MR) is 169 cm³/mol. The lowest BCUT2D eigenvalue weighted by Crippen LogP contribution is -2.33. The highest BCUT2D eigenvalue weighted by Crippen LogP contribution is 2.42. The van der Waals surface area contributed by atoms with E-state index in [2.05, 4.69) is 5.32 Å². The van der Waals surface area contributed by atoms with Crippen molar-refractivity contribution >= 4 is 23.3 Å². The van der Waals surface area contributed by atoms with E-state index < -0.39 is 6.23 Å². The molecule has 0 saturated carbocycles. The molecule has 10 heteroatoms. The molecule has 1 aromatic heterocycles. The van der Waals surface area contributed by atoms with E-state index >= 15 is 0 Å². The van der Waals surface area contributed by atoms with Gasteiger partial charge in [-0.05, 0) is 31.9 Å². The van der Waals surface area contributed by atoms with E-state index in [1.807, 2.05) is 76.2 Å². The molecule has 0 bridgehead atoms. The molecule has 0 fully saturated rings. The number of ether oxygens (including phenoxy) is 2. The normalized spacial score (nSPS) is 13.1.